The van der Waals surface area contributed by atoms with E-state index >= 15 is 0 Å². The number of halogens is 2. The average Bonchev–Trinajstić information content (AvgIpc) is 2.40. The Morgan fingerprint density at radius 1 is 1.36 bits per heavy atom. The lowest BCUT2D eigenvalue weighted by Gasteiger charge is -2.33. The Bertz CT molecular complexity index is 552. The molecule has 0 aliphatic carbocycles. The SMILES string of the molecule is CC(=O)Nc1cc(C(=O)NC(C)(CN)C(C)C)ccc1F.Cl. The lowest BCUT2D eigenvalue weighted by atomic mass is 9.88. The molecule has 7 heteroatoms. The highest BCUT2D eigenvalue weighted by Crippen LogP contribution is 2.19. The van der Waals surface area contributed by atoms with Gasteiger partial charge in [-0.25, -0.2) is 4.39 Å². The lowest BCUT2D eigenvalue weighted by Crippen LogP contribution is -2.55. The van der Waals surface area contributed by atoms with E-state index in [1.54, 1.807) is 0 Å². The molecule has 0 heterocycles. The molecule has 1 aromatic carbocycles. The third kappa shape index (κ3) is 4.96. The Morgan fingerprint density at radius 2 is 1.95 bits per heavy atom. The van der Waals surface area contributed by atoms with Gasteiger partial charge in [0.15, 0.2) is 0 Å². The van der Waals surface area contributed by atoms with Crippen LogP contribution >= 0.6 is 12.4 Å². The zero-order chi connectivity index (χ0) is 16.2. The number of carbonyl (C=O) groups excluding carboxylic acids is 2. The van der Waals surface area contributed by atoms with E-state index in [0.29, 0.717) is 0 Å². The first-order chi connectivity index (χ1) is 9.69. The monoisotopic (exact) mass is 331 g/mol. The summed E-state index contributed by atoms with van der Waals surface area (Å²) < 4.78 is 13.6. The molecule has 0 aromatic heterocycles. The highest BCUT2D eigenvalue weighted by Gasteiger charge is 2.29. The fraction of sp³-hybridized carbons (Fsp3) is 0.467. The first kappa shape index (κ1) is 20.3. The summed E-state index contributed by atoms with van der Waals surface area (Å²) in [6.45, 7) is 7.33. The zero-order valence-electron chi connectivity index (χ0n) is 13.2. The molecule has 0 spiro atoms. The maximum Gasteiger partial charge on any atom is 0.251 e. The number of amides is 2. The van der Waals surface area contributed by atoms with Gasteiger partial charge in [-0.15, -0.1) is 12.4 Å². The van der Waals surface area contributed by atoms with Crippen molar-refractivity contribution >= 4 is 29.9 Å². The molecule has 0 bridgehead atoms. The molecule has 0 saturated carbocycles. The van der Waals surface area contributed by atoms with Gasteiger partial charge < -0.3 is 16.4 Å². The van der Waals surface area contributed by atoms with Crippen LogP contribution < -0.4 is 16.4 Å². The summed E-state index contributed by atoms with van der Waals surface area (Å²) in [6, 6.07) is 3.83. The molecule has 5 nitrogen and oxygen atoms in total. The quantitative estimate of drug-likeness (QED) is 0.774. The fourth-order valence-corrected chi connectivity index (χ4v) is 1.71. The van der Waals surface area contributed by atoms with Gasteiger partial charge in [0.1, 0.15) is 5.82 Å². The van der Waals surface area contributed by atoms with E-state index in [1.807, 2.05) is 20.8 Å². The largest absolute Gasteiger partial charge is 0.345 e. The molecule has 0 aliphatic rings. The number of rotatable bonds is 5. The van der Waals surface area contributed by atoms with Crippen molar-refractivity contribution in [3.8, 4) is 0 Å². The summed E-state index contributed by atoms with van der Waals surface area (Å²) in [5, 5.41) is 5.21. The molecule has 1 aromatic rings. The second kappa shape index (κ2) is 8.10. The van der Waals surface area contributed by atoms with Crippen molar-refractivity contribution in [2.45, 2.75) is 33.2 Å². The predicted octanol–water partition coefficient (Wildman–Crippen LogP) is 2.31. The van der Waals surface area contributed by atoms with Crippen LogP contribution in [-0.2, 0) is 4.79 Å². The molecule has 1 unspecified atom stereocenters. The van der Waals surface area contributed by atoms with Gasteiger partial charge in [-0.05, 0) is 31.0 Å². The normalized spacial score (nSPS) is 13.0. The summed E-state index contributed by atoms with van der Waals surface area (Å²) in [4.78, 5) is 23.3. The van der Waals surface area contributed by atoms with E-state index in [4.69, 9.17) is 5.73 Å². The Morgan fingerprint density at radius 3 is 2.41 bits per heavy atom. The van der Waals surface area contributed by atoms with E-state index in [-0.39, 0.29) is 42.0 Å². The summed E-state index contributed by atoms with van der Waals surface area (Å²) in [7, 11) is 0. The summed E-state index contributed by atoms with van der Waals surface area (Å²) in [5.74, 6) is -1.21. The second-order valence-corrected chi connectivity index (χ2v) is 5.61. The van der Waals surface area contributed by atoms with Crippen molar-refractivity contribution in [1.29, 1.82) is 0 Å². The van der Waals surface area contributed by atoms with Crippen LogP contribution in [0.2, 0.25) is 0 Å². The van der Waals surface area contributed by atoms with Crippen LogP contribution in [0.4, 0.5) is 10.1 Å². The summed E-state index contributed by atoms with van der Waals surface area (Å²) in [6.07, 6.45) is 0. The standard InChI is InChI=1S/C15H22FN3O2.ClH/c1-9(2)15(4,8-17)19-14(21)11-5-6-12(16)13(7-11)18-10(3)20;/h5-7,9H,8,17H2,1-4H3,(H,18,20)(H,19,21);1H. The van der Waals surface area contributed by atoms with E-state index in [2.05, 4.69) is 10.6 Å². The number of hydrogen-bond acceptors (Lipinski definition) is 3. The van der Waals surface area contributed by atoms with Crippen LogP contribution in [0.1, 0.15) is 38.1 Å². The fourth-order valence-electron chi connectivity index (χ4n) is 1.71. The van der Waals surface area contributed by atoms with Gasteiger partial charge in [-0.3, -0.25) is 9.59 Å². The Kier molecular flexibility index (Phi) is 7.49. The number of nitrogens with two attached hydrogens (primary N) is 1. The van der Waals surface area contributed by atoms with Gasteiger partial charge >= 0.3 is 0 Å². The van der Waals surface area contributed by atoms with Crippen LogP contribution in [0, 0.1) is 11.7 Å². The topological polar surface area (TPSA) is 84.2 Å². The smallest absolute Gasteiger partial charge is 0.251 e. The molecular weight excluding hydrogens is 309 g/mol. The van der Waals surface area contributed by atoms with E-state index in [9.17, 15) is 14.0 Å². The van der Waals surface area contributed by atoms with Crippen molar-refractivity contribution in [3.05, 3.63) is 29.6 Å². The van der Waals surface area contributed by atoms with Gasteiger partial charge in [0.25, 0.3) is 5.91 Å². The Hall–Kier alpha value is -1.66. The number of anilines is 1. The first-order valence-corrected chi connectivity index (χ1v) is 6.79. The third-order valence-electron chi connectivity index (χ3n) is 3.64. The van der Waals surface area contributed by atoms with E-state index in [0.717, 1.165) is 6.07 Å². The molecule has 1 rings (SSSR count). The molecule has 0 radical (unpaired) electrons. The molecule has 0 aliphatic heterocycles. The van der Waals surface area contributed by atoms with Gasteiger partial charge in [0.2, 0.25) is 5.91 Å². The first-order valence-electron chi connectivity index (χ1n) is 6.79. The number of benzene rings is 1. The molecule has 2 amide bonds. The Labute approximate surface area is 136 Å². The molecule has 0 fully saturated rings. The molecular formula is C15H23ClFN3O2. The van der Waals surface area contributed by atoms with Gasteiger partial charge in [0.05, 0.1) is 11.2 Å². The van der Waals surface area contributed by atoms with Crippen LogP contribution in [0.25, 0.3) is 0 Å². The molecule has 22 heavy (non-hydrogen) atoms. The molecule has 1 atom stereocenters. The maximum absolute atomic E-state index is 13.6. The predicted molar refractivity (Wildman–Crippen MR) is 87.7 cm³/mol. The second-order valence-electron chi connectivity index (χ2n) is 5.61. The number of hydrogen-bond donors (Lipinski definition) is 3. The highest BCUT2D eigenvalue weighted by atomic mass is 35.5. The highest BCUT2D eigenvalue weighted by molar-refractivity contribution is 5.97. The van der Waals surface area contributed by atoms with Crippen LogP contribution in [0.15, 0.2) is 18.2 Å². The van der Waals surface area contributed by atoms with Crippen molar-refractivity contribution in [2.75, 3.05) is 11.9 Å². The molecule has 124 valence electrons. The van der Waals surface area contributed by atoms with Crippen LogP contribution in [0.5, 0.6) is 0 Å². The molecule has 4 N–H and O–H groups in total. The number of carbonyl (C=O) groups is 2. The van der Waals surface area contributed by atoms with Gasteiger partial charge in [-0.2, -0.15) is 0 Å². The van der Waals surface area contributed by atoms with Gasteiger partial charge in [-0.1, -0.05) is 13.8 Å². The van der Waals surface area contributed by atoms with E-state index in [1.165, 1.54) is 19.1 Å². The minimum atomic E-state index is -0.591. The number of nitrogens with one attached hydrogen (secondary N) is 2. The van der Waals surface area contributed by atoms with Crippen molar-refractivity contribution < 1.29 is 14.0 Å². The summed E-state index contributed by atoms with van der Waals surface area (Å²) in [5.41, 5.74) is 5.41. The van der Waals surface area contributed by atoms with Crippen molar-refractivity contribution in [3.63, 3.8) is 0 Å². The third-order valence-corrected chi connectivity index (χ3v) is 3.64. The Balaban J connectivity index is 0.00000441. The van der Waals surface area contributed by atoms with Gasteiger partial charge in [0, 0.05) is 19.0 Å². The van der Waals surface area contributed by atoms with Crippen LogP contribution in [0.3, 0.4) is 0 Å². The van der Waals surface area contributed by atoms with E-state index < -0.39 is 17.3 Å². The zero-order valence-corrected chi connectivity index (χ0v) is 14.0. The minimum Gasteiger partial charge on any atom is -0.345 e. The summed E-state index contributed by atoms with van der Waals surface area (Å²) >= 11 is 0. The lowest BCUT2D eigenvalue weighted by molar-refractivity contribution is -0.114. The maximum atomic E-state index is 13.6. The van der Waals surface area contributed by atoms with Crippen LogP contribution in [-0.4, -0.2) is 23.9 Å². The minimum absolute atomic E-state index is 0. The van der Waals surface area contributed by atoms with Crippen molar-refractivity contribution in [2.24, 2.45) is 11.7 Å². The molecule has 0 saturated heterocycles. The van der Waals surface area contributed by atoms with Crippen molar-refractivity contribution in [1.82, 2.24) is 5.32 Å². The average molecular weight is 332 g/mol.